The van der Waals surface area contributed by atoms with Gasteiger partial charge in [0, 0.05) is 11.8 Å². The van der Waals surface area contributed by atoms with E-state index < -0.39 is 0 Å². The van der Waals surface area contributed by atoms with Gasteiger partial charge >= 0.3 is 0 Å². The molecule has 1 aromatic heterocycles. The smallest absolute Gasteiger partial charge is 0.150 e. The lowest BCUT2D eigenvalue weighted by atomic mass is 10.2. The summed E-state index contributed by atoms with van der Waals surface area (Å²) in [5.41, 5.74) is 2.15. The number of aryl methyl sites for hydroxylation is 1. The van der Waals surface area contributed by atoms with E-state index in [9.17, 15) is 0 Å². The van der Waals surface area contributed by atoms with Crippen LogP contribution in [0.15, 0.2) is 84.9 Å². The Kier molecular flexibility index (Phi) is 5.54. The third-order valence-corrected chi connectivity index (χ3v) is 4.22. The monoisotopic (exact) mass is 393 g/mol. The van der Waals surface area contributed by atoms with Crippen molar-refractivity contribution in [3.63, 3.8) is 0 Å². The zero-order valence-electron chi connectivity index (χ0n) is 16.3. The molecule has 0 saturated heterocycles. The highest BCUT2D eigenvalue weighted by Gasteiger charge is 2.08. The van der Waals surface area contributed by atoms with Crippen LogP contribution < -0.4 is 15.4 Å². The van der Waals surface area contributed by atoms with Crippen LogP contribution in [-0.4, -0.2) is 9.97 Å². The second-order valence-corrected chi connectivity index (χ2v) is 6.54. The first-order valence-corrected chi connectivity index (χ1v) is 9.41. The minimum absolute atomic E-state index is 0.580. The first kappa shape index (κ1) is 19.0. The Labute approximate surface area is 174 Å². The normalized spacial score (nSPS) is 10.1. The number of hydrogen-bond donors (Lipinski definition) is 2. The van der Waals surface area contributed by atoms with Crippen molar-refractivity contribution < 1.29 is 4.74 Å². The van der Waals surface area contributed by atoms with Crippen LogP contribution in [0.1, 0.15) is 11.4 Å². The van der Waals surface area contributed by atoms with Crippen molar-refractivity contribution in [3.8, 4) is 17.6 Å². The zero-order chi connectivity index (χ0) is 20.8. The summed E-state index contributed by atoms with van der Waals surface area (Å²) in [5.74, 6) is 3.31. The average molecular weight is 393 g/mol. The predicted molar refractivity (Wildman–Crippen MR) is 117 cm³/mol. The van der Waals surface area contributed by atoms with Crippen molar-refractivity contribution in [1.29, 1.82) is 5.26 Å². The van der Waals surface area contributed by atoms with Crippen LogP contribution >= 0.6 is 0 Å². The molecule has 30 heavy (non-hydrogen) atoms. The molecular formula is C24H19N5O. The Morgan fingerprint density at radius 2 is 1.53 bits per heavy atom. The van der Waals surface area contributed by atoms with E-state index in [-0.39, 0.29) is 0 Å². The maximum absolute atomic E-state index is 9.09. The number of nitrogens with one attached hydrogen (secondary N) is 2. The number of hydrogen-bond acceptors (Lipinski definition) is 6. The Morgan fingerprint density at radius 3 is 2.33 bits per heavy atom. The largest absolute Gasteiger partial charge is 0.455 e. The van der Waals surface area contributed by atoms with Crippen LogP contribution in [0.5, 0.6) is 11.5 Å². The molecule has 0 radical (unpaired) electrons. The lowest BCUT2D eigenvalue weighted by Gasteiger charge is -2.14. The molecule has 0 unspecified atom stereocenters. The topological polar surface area (TPSA) is 82.9 Å². The molecule has 1 heterocycles. The molecule has 0 amide bonds. The predicted octanol–water partition coefficient (Wildman–Crippen LogP) is 5.94. The van der Waals surface area contributed by atoms with Gasteiger partial charge in [-0.1, -0.05) is 36.4 Å². The van der Waals surface area contributed by atoms with E-state index in [0.717, 1.165) is 17.1 Å². The van der Waals surface area contributed by atoms with Gasteiger partial charge in [-0.2, -0.15) is 5.26 Å². The summed E-state index contributed by atoms with van der Waals surface area (Å²) in [5, 5.41) is 15.6. The summed E-state index contributed by atoms with van der Waals surface area (Å²) < 4.78 is 6.01. The number of rotatable bonds is 6. The van der Waals surface area contributed by atoms with E-state index in [4.69, 9.17) is 10.00 Å². The number of nitrogens with zero attached hydrogens (tertiary/aromatic N) is 3. The van der Waals surface area contributed by atoms with Gasteiger partial charge in [0.05, 0.1) is 17.3 Å². The lowest BCUT2D eigenvalue weighted by Crippen LogP contribution is -2.02. The van der Waals surface area contributed by atoms with E-state index in [2.05, 4.69) is 26.7 Å². The van der Waals surface area contributed by atoms with Gasteiger partial charge in [0.1, 0.15) is 23.2 Å². The van der Waals surface area contributed by atoms with Gasteiger partial charge in [-0.05, 0) is 49.4 Å². The Balaban J connectivity index is 1.58. The molecule has 0 saturated carbocycles. The Hall–Kier alpha value is -4.37. The fourth-order valence-corrected chi connectivity index (χ4v) is 2.92. The average Bonchev–Trinajstić information content (AvgIpc) is 2.75. The minimum atomic E-state index is 0.580. The molecule has 3 aromatic carbocycles. The van der Waals surface area contributed by atoms with Crippen LogP contribution in [0, 0.1) is 18.3 Å². The molecular weight excluding hydrogens is 374 g/mol. The first-order chi connectivity index (χ1) is 14.7. The number of ether oxygens (including phenoxy) is 1. The number of nitriles is 1. The maximum Gasteiger partial charge on any atom is 0.150 e. The number of aromatic nitrogens is 2. The summed E-state index contributed by atoms with van der Waals surface area (Å²) in [6, 6.07) is 28.5. The highest BCUT2D eigenvalue weighted by molar-refractivity contribution is 5.68. The van der Waals surface area contributed by atoms with Crippen molar-refractivity contribution in [1.82, 2.24) is 9.97 Å². The quantitative estimate of drug-likeness (QED) is 0.422. The second kappa shape index (κ2) is 8.76. The molecule has 0 aliphatic heterocycles. The summed E-state index contributed by atoms with van der Waals surface area (Å²) in [4.78, 5) is 8.92. The Bertz CT molecular complexity index is 1200. The molecule has 0 aliphatic rings. The second-order valence-electron chi connectivity index (χ2n) is 6.54. The lowest BCUT2D eigenvalue weighted by molar-refractivity contribution is 0.485. The van der Waals surface area contributed by atoms with E-state index in [1.54, 1.807) is 12.1 Å². The summed E-state index contributed by atoms with van der Waals surface area (Å²) in [6.07, 6.45) is 0. The van der Waals surface area contributed by atoms with Crippen molar-refractivity contribution in [2.45, 2.75) is 6.92 Å². The highest BCUT2D eigenvalue weighted by Crippen LogP contribution is 2.31. The molecule has 0 aliphatic carbocycles. The highest BCUT2D eigenvalue weighted by atomic mass is 16.5. The summed E-state index contributed by atoms with van der Waals surface area (Å²) >= 11 is 0. The van der Waals surface area contributed by atoms with Crippen LogP contribution in [0.25, 0.3) is 0 Å². The maximum atomic E-state index is 9.09. The van der Waals surface area contributed by atoms with E-state index in [1.165, 1.54) is 0 Å². The van der Waals surface area contributed by atoms with Crippen LogP contribution in [0.4, 0.5) is 23.0 Å². The SMILES string of the molecule is Cc1nc(Nc2cccc(C#N)c2)cc(Nc2ccccc2Oc2ccccc2)n1. The first-order valence-electron chi connectivity index (χ1n) is 9.41. The number of para-hydroxylation sites is 3. The molecule has 4 rings (SSSR count). The van der Waals surface area contributed by atoms with E-state index >= 15 is 0 Å². The van der Waals surface area contributed by atoms with Gasteiger partial charge in [-0.3, -0.25) is 0 Å². The third-order valence-electron chi connectivity index (χ3n) is 4.22. The van der Waals surface area contributed by atoms with Gasteiger partial charge < -0.3 is 15.4 Å². The van der Waals surface area contributed by atoms with E-state index in [0.29, 0.717) is 28.8 Å². The van der Waals surface area contributed by atoms with Crippen molar-refractivity contribution >= 4 is 23.0 Å². The molecule has 6 nitrogen and oxygen atoms in total. The standard InChI is InChI=1S/C24H19N5O/c1-17-26-23(28-19-9-7-8-18(14-19)16-25)15-24(27-17)29-21-12-5-6-13-22(21)30-20-10-3-2-4-11-20/h2-15H,1H3,(H2,26,27,28,29). The Morgan fingerprint density at radius 1 is 0.800 bits per heavy atom. The van der Waals surface area contributed by atoms with Gasteiger partial charge in [-0.25, -0.2) is 9.97 Å². The summed E-state index contributed by atoms with van der Waals surface area (Å²) in [7, 11) is 0. The molecule has 0 spiro atoms. The van der Waals surface area contributed by atoms with Gasteiger partial charge in [-0.15, -0.1) is 0 Å². The van der Waals surface area contributed by atoms with Crippen molar-refractivity contribution in [2.75, 3.05) is 10.6 Å². The molecule has 146 valence electrons. The molecule has 0 fully saturated rings. The summed E-state index contributed by atoms with van der Waals surface area (Å²) in [6.45, 7) is 1.83. The zero-order valence-corrected chi connectivity index (χ0v) is 16.3. The van der Waals surface area contributed by atoms with Gasteiger partial charge in [0.2, 0.25) is 0 Å². The molecule has 6 heteroatoms. The minimum Gasteiger partial charge on any atom is -0.455 e. The molecule has 2 N–H and O–H groups in total. The molecule has 0 atom stereocenters. The van der Waals surface area contributed by atoms with Crippen LogP contribution in [0.3, 0.4) is 0 Å². The fraction of sp³-hybridized carbons (Fsp3) is 0.0417. The number of benzene rings is 3. The van der Waals surface area contributed by atoms with Crippen molar-refractivity contribution in [2.24, 2.45) is 0 Å². The third kappa shape index (κ3) is 4.72. The van der Waals surface area contributed by atoms with Gasteiger partial charge in [0.25, 0.3) is 0 Å². The van der Waals surface area contributed by atoms with Crippen molar-refractivity contribution in [3.05, 3.63) is 96.3 Å². The molecule has 4 aromatic rings. The fourth-order valence-electron chi connectivity index (χ4n) is 2.92. The van der Waals surface area contributed by atoms with Gasteiger partial charge in [0.15, 0.2) is 5.75 Å². The number of anilines is 4. The van der Waals surface area contributed by atoms with Crippen LogP contribution in [-0.2, 0) is 0 Å². The van der Waals surface area contributed by atoms with E-state index in [1.807, 2.05) is 79.7 Å². The molecule has 0 bridgehead atoms. The van der Waals surface area contributed by atoms with Crippen LogP contribution in [0.2, 0.25) is 0 Å².